The molecule has 2 aromatic rings. The molecule has 2 rings (SSSR count). The van der Waals surface area contributed by atoms with Gasteiger partial charge in [0.05, 0.1) is 13.2 Å². The van der Waals surface area contributed by atoms with Crippen molar-refractivity contribution >= 4 is 27.8 Å². The van der Waals surface area contributed by atoms with Gasteiger partial charge in [-0.1, -0.05) is 82.9 Å². The predicted octanol–water partition coefficient (Wildman–Crippen LogP) is 4.74. The molecule has 208 valence electrons. The zero-order chi connectivity index (χ0) is 28.3. The van der Waals surface area contributed by atoms with Gasteiger partial charge in [-0.2, -0.15) is 0 Å². The number of nitrogens with two attached hydrogens (primary N) is 1. The third kappa shape index (κ3) is 22.6. The van der Waals surface area contributed by atoms with E-state index in [9.17, 15) is 17.5 Å². The topological polar surface area (TPSA) is 164 Å². The number of hydrogen-bond acceptors (Lipinski definition) is 8. The third-order valence-corrected chi connectivity index (χ3v) is 6.54. The standard InChI is InChI=1S/C18H30O2S.C6H7NO2S.C2H6O2.O.Ti/c1-2-3-4-5-6-7-8-9-10-11-14-17-15-12-13-16-18(17)21(19)20;7-5-1-3-6(4-2-5)10(8)9;3-1-2-4;;/h12-13,15-16H,2-11,14H2,1H3,(H,19,20);1-4H,7H2,(H,8,9);3-4H,1-2H2;;/q;;;;+2/p-2. The van der Waals surface area contributed by atoms with Crippen LogP contribution in [0.3, 0.4) is 0 Å². The Morgan fingerprint density at radius 3 is 1.62 bits per heavy atom. The molecule has 2 aromatic carbocycles. The van der Waals surface area contributed by atoms with Crippen LogP contribution in [0.4, 0.5) is 5.69 Å². The van der Waals surface area contributed by atoms with E-state index in [2.05, 4.69) is 6.92 Å². The van der Waals surface area contributed by atoms with Crippen molar-refractivity contribution in [3.8, 4) is 0 Å². The first-order valence-electron chi connectivity index (χ1n) is 12.4. The van der Waals surface area contributed by atoms with Gasteiger partial charge in [-0.25, -0.2) is 0 Å². The van der Waals surface area contributed by atoms with E-state index in [1.165, 1.54) is 69.9 Å². The fraction of sp³-hybridized carbons (Fsp3) is 0.538. The summed E-state index contributed by atoms with van der Waals surface area (Å²) in [5.74, 6) is 0. The first-order valence-corrected chi connectivity index (χ1v) is 15.2. The molecule has 2 unspecified atom stereocenters. The van der Waals surface area contributed by atoms with E-state index in [4.69, 9.17) is 19.3 Å². The van der Waals surface area contributed by atoms with Crippen molar-refractivity contribution in [1.82, 2.24) is 0 Å². The molecule has 0 fully saturated rings. The Kier molecular flexibility index (Phi) is 28.7. The molecular weight excluding hydrogens is 550 g/mol. The molecule has 11 heteroatoms. The Morgan fingerprint density at radius 1 is 0.730 bits per heavy atom. The molecule has 0 heterocycles. The molecule has 0 aliphatic carbocycles. The molecular formula is C26H41NO7S2Ti. The van der Waals surface area contributed by atoms with Crippen LogP contribution >= 0.6 is 0 Å². The van der Waals surface area contributed by atoms with E-state index in [1.54, 1.807) is 24.3 Å². The number of unbranched alkanes of at least 4 members (excludes halogenated alkanes) is 9. The average Bonchev–Trinajstić information content (AvgIpc) is 2.92. The summed E-state index contributed by atoms with van der Waals surface area (Å²) in [6, 6.07) is 13.3. The molecule has 0 aromatic heterocycles. The van der Waals surface area contributed by atoms with Gasteiger partial charge in [-0.15, -0.1) is 0 Å². The summed E-state index contributed by atoms with van der Waals surface area (Å²) in [6.07, 6.45) is 14.0. The van der Waals surface area contributed by atoms with Gasteiger partial charge in [0.1, 0.15) is 0 Å². The fourth-order valence-electron chi connectivity index (χ4n) is 3.25. The SMILES string of the molecule is CCCCCCCCCCCCc1ccccc1S(=O)[O-].Nc1ccc(S(=O)[O-])cc1.OCCO.[O]=[Ti+2]. The van der Waals surface area contributed by atoms with Crippen LogP contribution in [-0.2, 0) is 52.3 Å². The van der Waals surface area contributed by atoms with E-state index in [0.29, 0.717) is 10.6 Å². The van der Waals surface area contributed by atoms with Crippen molar-refractivity contribution < 1.29 is 51.5 Å². The summed E-state index contributed by atoms with van der Waals surface area (Å²) in [4.78, 5) is 0.725. The van der Waals surface area contributed by atoms with Gasteiger partial charge in [0, 0.05) is 15.5 Å². The molecule has 0 bridgehead atoms. The maximum absolute atomic E-state index is 11.1. The van der Waals surface area contributed by atoms with Crippen molar-refractivity contribution in [2.45, 2.75) is 87.3 Å². The summed E-state index contributed by atoms with van der Waals surface area (Å²) in [5.41, 5.74) is 6.85. The molecule has 0 aliphatic heterocycles. The van der Waals surface area contributed by atoms with Crippen LogP contribution in [-0.4, -0.2) is 41.0 Å². The maximum atomic E-state index is 11.1. The van der Waals surface area contributed by atoms with Crippen molar-refractivity contribution in [2.75, 3.05) is 18.9 Å². The molecule has 0 aliphatic rings. The third-order valence-electron chi connectivity index (χ3n) is 5.12. The van der Waals surface area contributed by atoms with Crippen LogP contribution in [0.5, 0.6) is 0 Å². The summed E-state index contributed by atoms with van der Waals surface area (Å²) >= 11 is -3.50. The van der Waals surface area contributed by atoms with Crippen molar-refractivity contribution in [3.05, 3.63) is 54.1 Å². The second-order valence-corrected chi connectivity index (χ2v) is 9.88. The summed E-state index contributed by atoms with van der Waals surface area (Å²) in [5, 5.41) is 15.2. The zero-order valence-electron chi connectivity index (χ0n) is 21.6. The molecule has 37 heavy (non-hydrogen) atoms. The second-order valence-electron chi connectivity index (χ2n) is 8.03. The number of benzene rings is 2. The van der Waals surface area contributed by atoms with Crippen molar-refractivity contribution in [2.24, 2.45) is 0 Å². The number of rotatable bonds is 14. The summed E-state index contributed by atoms with van der Waals surface area (Å²) in [7, 11) is 0. The minimum atomic E-state index is -2.14. The normalized spacial score (nSPS) is 11.5. The molecule has 2 atom stereocenters. The van der Waals surface area contributed by atoms with Gasteiger partial charge in [-0.05, 0) is 70.9 Å². The second kappa shape index (κ2) is 27.9. The van der Waals surface area contributed by atoms with Crippen molar-refractivity contribution in [1.29, 1.82) is 0 Å². The molecule has 0 radical (unpaired) electrons. The van der Waals surface area contributed by atoms with Gasteiger partial charge >= 0.3 is 23.7 Å². The molecule has 0 spiro atoms. The van der Waals surface area contributed by atoms with Gasteiger partial charge in [-0.3, -0.25) is 8.42 Å². The van der Waals surface area contributed by atoms with Gasteiger partial charge in [0.25, 0.3) is 0 Å². The quantitative estimate of drug-likeness (QED) is 0.123. The summed E-state index contributed by atoms with van der Waals surface area (Å²) in [6.45, 7) is 2.00. The Labute approximate surface area is 238 Å². The minimum absolute atomic E-state index is 0.125. The zero-order valence-corrected chi connectivity index (χ0v) is 24.8. The number of anilines is 1. The van der Waals surface area contributed by atoms with E-state index in [-0.39, 0.29) is 18.1 Å². The van der Waals surface area contributed by atoms with Crippen LogP contribution in [0.15, 0.2) is 58.3 Å². The Bertz CT molecular complexity index is 840. The van der Waals surface area contributed by atoms with E-state index >= 15 is 0 Å². The Balaban J connectivity index is 0. The van der Waals surface area contributed by atoms with Gasteiger partial charge in [0.15, 0.2) is 0 Å². The number of hydrogen-bond donors (Lipinski definition) is 3. The fourth-order valence-corrected chi connectivity index (χ4v) is 4.19. The first-order chi connectivity index (χ1) is 17.9. The molecule has 4 N–H and O–H groups in total. The number of aryl methyl sites for hydroxylation is 1. The molecule has 0 saturated carbocycles. The number of nitrogen functional groups attached to an aromatic ring is 1. The molecule has 8 nitrogen and oxygen atoms in total. The van der Waals surface area contributed by atoms with Crippen LogP contribution < -0.4 is 5.73 Å². The monoisotopic (exact) mass is 591 g/mol. The Hall–Kier alpha value is -1.11. The Morgan fingerprint density at radius 2 is 1.19 bits per heavy atom. The van der Waals surface area contributed by atoms with Crippen LogP contribution in [0.2, 0.25) is 0 Å². The predicted molar refractivity (Wildman–Crippen MR) is 142 cm³/mol. The van der Waals surface area contributed by atoms with Crippen LogP contribution in [0.1, 0.15) is 76.7 Å². The number of aliphatic hydroxyl groups is 2. The summed E-state index contributed by atoms with van der Waals surface area (Å²) < 4.78 is 51.0. The van der Waals surface area contributed by atoms with E-state index < -0.39 is 22.2 Å². The van der Waals surface area contributed by atoms with Crippen molar-refractivity contribution in [3.63, 3.8) is 0 Å². The van der Waals surface area contributed by atoms with E-state index in [1.807, 2.05) is 12.1 Å². The van der Waals surface area contributed by atoms with Crippen LogP contribution in [0, 0.1) is 0 Å². The number of aliphatic hydroxyl groups excluding tert-OH is 2. The van der Waals surface area contributed by atoms with Gasteiger partial charge in [0.2, 0.25) is 0 Å². The molecule has 0 saturated heterocycles. The molecule has 0 amide bonds. The van der Waals surface area contributed by atoms with Crippen LogP contribution in [0.25, 0.3) is 0 Å². The van der Waals surface area contributed by atoms with Gasteiger partial charge < -0.3 is 25.1 Å². The average molecular weight is 592 g/mol. The first kappa shape index (κ1) is 38.0. The van der Waals surface area contributed by atoms with E-state index in [0.717, 1.165) is 38.8 Å².